The van der Waals surface area contributed by atoms with Crippen LogP contribution in [0.5, 0.6) is 0 Å². The molecule has 0 aromatic heterocycles. The van der Waals surface area contributed by atoms with Crippen molar-refractivity contribution in [2.24, 2.45) is 5.92 Å². The molecule has 0 saturated heterocycles. The molecule has 0 bridgehead atoms. The van der Waals surface area contributed by atoms with Gasteiger partial charge in [0.1, 0.15) is 6.04 Å². The minimum absolute atomic E-state index is 0.00619. The molecule has 2 aromatic rings. The fourth-order valence-corrected chi connectivity index (χ4v) is 2.50. The van der Waals surface area contributed by atoms with Crippen LogP contribution in [-0.4, -0.2) is 17.9 Å². The molecule has 2 aromatic carbocycles. The number of carbonyl (C=O) groups excluding carboxylic acids is 2. The lowest BCUT2D eigenvalue weighted by Crippen LogP contribution is -2.32. The van der Waals surface area contributed by atoms with Gasteiger partial charge in [-0.1, -0.05) is 32.0 Å². The number of nitrogens with one attached hydrogen (secondary N) is 3. The second-order valence-electron chi connectivity index (χ2n) is 6.89. The number of rotatable bonds is 7. The number of carbonyl (C=O) groups is 2. The van der Waals surface area contributed by atoms with Crippen molar-refractivity contribution >= 4 is 28.9 Å². The molecule has 2 rings (SSSR count). The lowest BCUT2D eigenvalue weighted by Gasteiger charge is -2.16. The van der Waals surface area contributed by atoms with Crippen molar-refractivity contribution < 1.29 is 9.59 Å². The van der Waals surface area contributed by atoms with Gasteiger partial charge in [-0.25, -0.2) is 0 Å². The van der Waals surface area contributed by atoms with Crippen molar-refractivity contribution in [1.82, 2.24) is 0 Å². The van der Waals surface area contributed by atoms with E-state index in [4.69, 9.17) is 0 Å². The van der Waals surface area contributed by atoms with Crippen LogP contribution in [0.25, 0.3) is 0 Å². The van der Waals surface area contributed by atoms with Gasteiger partial charge in [0.15, 0.2) is 0 Å². The molecule has 0 aliphatic rings. The quantitative estimate of drug-likeness (QED) is 0.690. The van der Waals surface area contributed by atoms with Gasteiger partial charge in [-0.05, 0) is 55.7 Å². The average molecular weight is 353 g/mol. The van der Waals surface area contributed by atoms with E-state index in [2.05, 4.69) is 16.0 Å². The maximum Gasteiger partial charge on any atom is 0.246 e. The first-order chi connectivity index (χ1) is 12.3. The monoisotopic (exact) mass is 353 g/mol. The Morgan fingerprint density at radius 1 is 0.885 bits per heavy atom. The first-order valence-electron chi connectivity index (χ1n) is 8.88. The van der Waals surface area contributed by atoms with Crippen LogP contribution in [0, 0.1) is 12.8 Å². The molecule has 0 saturated carbocycles. The molecule has 0 radical (unpaired) electrons. The van der Waals surface area contributed by atoms with Crippen LogP contribution in [0.3, 0.4) is 0 Å². The molecule has 2 amide bonds. The maximum atomic E-state index is 12.4. The van der Waals surface area contributed by atoms with Crippen LogP contribution in [0.4, 0.5) is 17.1 Å². The van der Waals surface area contributed by atoms with E-state index in [-0.39, 0.29) is 11.8 Å². The summed E-state index contributed by atoms with van der Waals surface area (Å²) in [6.07, 6.45) is 0.496. The number of benzene rings is 2. The minimum atomic E-state index is -0.393. The van der Waals surface area contributed by atoms with E-state index in [0.29, 0.717) is 12.3 Å². The van der Waals surface area contributed by atoms with Crippen LogP contribution in [0.15, 0.2) is 48.5 Å². The number of aryl methyl sites for hydroxylation is 1. The molecule has 26 heavy (non-hydrogen) atoms. The van der Waals surface area contributed by atoms with E-state index < -0.39 is 6.04 Å². The Morgan fingerprint density at radius 2 is 1.50 bits per heavy atom. The Hall–Kier alpha value is -2.82. The van der Waals surface area contributed by atoms with Gasteiger partial charge in [0.25, 0.3) is 0 Å². The molecular formula is C21H27N3O2. The fraction of sp³-hybridized carbons (Fsp3) is 0.333. The van der Waals surface area contributed by atoms with Crippen molar-refractivity contribution in [2.75, 3.05) is 16.0 Å². The van der Waals surface area contributed by atoms with Crippen molar-refractivity contribution in [1.29, 1.82) is 0 Å². The highest BCUT2D eigenvalue weighted by molar-refractivity contribution is 5.97. The molecule has 5 heteroatoms. The summed E-state index contributed by atoms with van der Waals surface area (Å²) in [5.74, 6) is 0.226. The van der Waals surface area contributed by atoms with Crippen molar-refractivity contribution in [3.05, 3.63) is 54.1 Å². The number of para-hydroxylation sites is 1. The van der Waals surface area contributed by atoms with Gasteiger partial charge >= 0.3 is 0 Å². The minimum Gasteiger partial charge on any atom is -0.374 e. The summed E-state index contributed by atoms with van der Waals surface area (Å²) < 4.78 is 0. The van der Waals surface area contributed by atoms with E-state index in [1.807, 2.05) is 76.2 Å². The fourth-order valence-electron chi connectivity index (χ4n) is 2.50. The molecular weight excluding hydrogens is 326 g/mol. The second kappa shape index (κ2) is 9.04. The van der Waals surface area contributed by atoms with E-state index in [1.54, 1.807) is 0 Å². The Kier molecular flexibility index (Phi) is 6.78. The van der Waals surface area contributed by atoms with Gasteiger partial charge in [-0.3, -0.25) is 9.59 Å². The number of amides is 2. The number of anilines is 3. The van der Waals surface area contributed by atoms with Crippen LogP contribution in [0.2, 0.25) is 0 Å². The third kappa shape index (κ3) is 5.92. The molecule has 0 aliphatic carbocycles. The molecule has 0 fully saturated rings. The summed E-state index contributed by atoms with van der Waals surface area (Å²) in [6, 6.07) is 14.6. The van der Waals surface area contributed by atoms with Crippen molar-refractivity contribution in [2.45, 2.75) is 40.2 Å². The predicted molar refractivity (Wildman–Crippen MR) is 107 cm³/mol. The summed E-state index contributed by atoms with van der Waals surface area (Å²) in [7, 11) is 0. The van der Waals surface area contributed by atoms with E-state index in [0.717, 1.165) is 22.6 Å². The predicted octanol–water partition coefficient (Wildman–Crippen LogP) is 4.42. The molecule has 5 nitrogen and oxygen atoms in total. The van der Waals surface area contributed by atoms with E-state index in [1.165, 1.54) is 0 Å². The van der Waals surface area contributed by atoms with Gasteiger partial charge in [-0.2, -0.15) is 0 Å². The Balaban J connectivity index is 1.90. The van der Waals surface area contributed by atoms with Crippen LogP contribution in [0.1, 0.15) is 32.8 Å². The largest absolute Gasteiger partial charge is 0.374 e. The van der Waals surface area contributed by atoms with E-state index >= 15 is 0 Å². The number of hydrogen-bond acceptors (Lipinski definition) is 3. The zero-order chi connectivity index (χ0) is 19.1. The van der Waals surface area contributed by atoms with Crippen molar-refractivity contribution in [3.63, 3.8) is 0 Å². The molecule has 0 spiro atoms. The topological polar surface area (TPSA) is 70.2 Å². The summed E-state index contributed by atoms with van der Waals surface area (Å²) in [6.45, 7) is 7.79. The zero-order valence-electron chi connectivity index (χ0n) is 15.8. The van der Waals surface area contributed by atoms with E-state index in [9.17, 15) is 9.59 Å². The smallest absolute Gasteiger partial charge is 0.246 e. The zero-order valence-corrected chi connectivity index (χ0v) is 15.8. The lowest BCUT2D eigenvalue weighted by molar-refractivity contribution is -0.117. The van der Waals surface area contributed by atoms with Gasteiger partial charge < -0.3 is 16.0 Å². The molecule has 3 N–H and O–H groups in total. The highest BCUT2D eigenvalue weighted by atomic mass is 16.2. The SMILES string of the molecule is Cc1ccccc1NC(=O)C(C)Nc1ccc(NC(=O)CC(C)C)cc1. The van der Waals surface area contributed by atoms with Crippen LogP contribution < -0.4 is 16.0 Å². The highest BCUT2D eigenvalue weighted by Crippen LogP contribution is 2.17. The van der Waals surface area contributed by atoms with Gasteiger partial charge in [-0.15, -0.1) is 0 Å². The Bertz CT molecular complexity index is 754. The normalized spacial score (nSPS) is 11.7. The third-order valence-corrected chi connectivity index (χ3v) is 3.94. The van der Waals surface area contributed by atoms with Crippen LogP contribution >= 0.6 is 0 Å². The lowest BCUT2D eigenvalue weighted by atomic mass is 10.1. The molecule has 138 valence electrons. The molecule has 0 aliphatic heterocycles. The highest BCUT2D eigenvalue weighted by Gasteiger charge is 2.13. The maximum absolute atomic E-state index is 12.4. The molecule has 1 unspecified atom stereocenters. The van der Waals surface area contributed by atoms with Crippen molar-refractivity contribution in [3.8, 4) is 0 Å². The van der Waals surface area contributed by atoms with Gasteiger partial charge in [0.2, 0.25) is 11.8 Å². The first-order valence-corrected chi connectivity index (χ1v) is 8.88. The summed E-state index contributed by atoms with van der Waals surface area (Å²) in [4.78, 5) is 24.1. The standard InChI is InChI=1S/C21H27N3O2/c1-14(2)13-20(25)23-18-11-9-17(10-12-18)22-16(4)21(26)24-19-8-6-5-7-15(19)3/h5-12,14,16,22H,13H2,1-4H3,(H,23,25)(H,24,26). The van der Waals surface area contributed by atoms with Crippen LogP contribution in [-0.2, 0) is 9.59 Å². The molecule has 0 heterocycles. The van der Waals surface area contributed by atoms with Gasteiger partial charge in [0.05, 0.1) is 0 Å². The first kappa shape index (κ1) is 19.5. The molecule has 1 atom stereocenters. The summed E-state index contributed by atoms with van der Waals surface area (Å²) >= 11 is 0. The summed E-state index contributed by atoms with van der Waals surface area (Å²) in [5.41, 5.74) is 3.40. The number of hydrogen-bond donors (Lipinski definition) is 3. The third-order valence-electron chi connectivity index (χ3n) is 3.94. The summed E-state index contributed by atoms with van der Waals surface area (Å²) in [5, 5.41) is 8.97. The van der Waals surface area contributed by atoms with Gasteiger partial charge in [0, 0.05) is 23.5 Å². The Morgan fingerprint density at radius 3 is 2.12 bits per heavy atom. The average Bonchev–Trinajstić information content (AvgIpc) is 2.57. The second-order valence-corrected chi connectivity index (χ2v) is 6.89. The Labute approximate surface area is 155 Å².